The Balaban J connectivity index is 1.32. The third-order valence-electron chi connectivity index (χ3n) is 5.67. The van der Waals surface area contributed by atoms with Crippen molar-refractivity contribution in [3.8, 4) is 0 Å². The van der Waals surface area contributed by atoms with Crippen LogP contribution in [0.3, 0.4) is 0 Å². The van der Waals surface area contributed by atoms with Gasteiger partial charge < -0.3 is 10.2 Å². The number of primary sulfonamides is 1. The molecular formula is C23H29ClN4O4S. The summed E-state index contributed by atoms with van der Waals surface area (Å²) in [4.78, 5) is 28.8. The number of nitrogens with two attached hydrogens (primary N) is 1. The maximum absolute atomic E-state index is 12.5. The van der Waals surface area contributed by atoms with Gasteiger partial charge in [-0.3, -0.25) is 14.5 Å². The second-order valence-electron chi connectivity index (χ2n) is 8.03. The molecule has 1 aliphatic heterocycles. The third kappa shape index (κ3) is 7.82. The number of nitrogens with one attached hydrogen (secondary N) is 1. The van der Waals surface area contributed by atoms with Crippen molar-refractivity contribution in [3.63, 3.8) is 0 Å². The summed E-state index contributed by atoms with van der Waals surface area (Å²) < 4.78 is 22.6. The van der Waals surface area contributed by atoms with Gasteiger partial charge in [-0.15, -0.1) is 0 Å². The summed E-state index contributed by atoms with van der Waals surface area (Å²) in [5, 5.41) is 8.58. The number of hydrogen-bond acceptors (Lipinski definition) is 5. The minimum Gasteiger partial charge on any atom is -0.356 e. The van der Waals surface area contributed by atoms with Gasteiger partial charge in [-0.2, -0.15) is 0 Å². The minimum atomic E-state index is -3.70. The zero-order valence-electron chi connectivity index (χ0n) is 18.4. The Labute approximate surface area is 199 Å². The molecule has 0 spiro atoms. The molecule has 178 valence electrons. The molecule has 0 saturated carbocycles. The van der Waals surface area contributed by atoms with Crippen molar-refractivity contribution in [2.45, 2.75) is 24.2 Å². The number of amides is 2. The highest BCUT2D eigenvalue weighted by molar-refractivity contribution is 7.89. The largest absolute Gasteiger partial charge is 0.356 e. The molecule has 10 heteroatoms. The van der Waals surface area contributed by atoms with E-state index in [-0.39, 0.29) is 16.7 Å². The van der Waals surface area contributed by atoms with E-state index in [0.717, 1.165) is 24.2 Å². The van der Waals surface area contributed by atoms with E-state index in [1.165, 1.54) is 12.1 Å². The van der Waals surface area contributed by atoms with E-state index >= 15 is 0 Å². The molecule has 0 aliphatic carbocycles. The Bertz CT molecular complexity index is 1070. The standard InChI is InChI=1S/C23H29ClN4O4S/c24-21-4-2-1-3-19(21)17-23(30)28-15-13-27(14-16-28)12-10-22(29)26-11-9-18-5-7-20(8-6-18)33(25,31)32/h1-8H,9-17H2,(H,26,29)(H2,25,31,32). The molecule has 0 bridgehead atoms. The molecule has 1 aliphatic rings. The molecule has 0 unspecified atom stereocenters. The summed E-state index contributed by atoms with van der Waals surface area (Å²) in [5.74, 6) is 0.0333. The first-order valence-corrected chi connectivity index (χ1v) is 12.8. The highest BCUT2D eigenvalue weighted by Gasteiger charge is 2.22. The van der Waals surface area contributed by atoms with Crippen LogP contribution in [0.5, 0.6) is 0 Å². The maximum atomic E-state index is 12.5. The molecular weight excluding hydrogens is 464 g/mol. The van der Waals surface area contributed by atoms with Crippen molar-refractivity contribution in [2.24, 2.45) is 5.14 Å². The SMILES string of the molecule is NS(=O)(=O)c1ccc(CCNC(=O)CCN2CCN(C(=O)Cc3ccccc3Cl)CC2)cc1. The third-order valence-corrected chi connectivity index (χ3v) is 6.97. The molecule has 8 nitrogen and oxygen atoms in total. The van der Waals surface area contributed by atoms with Crippen LogP contribution >= 0.6 is 11.6 Å². The van der Waals surface area contributed by atoms with Crippen LogP contribution in [0.4, 0.5) is 0 Å². The molecule has 0 radical (unpaired) electrons. The summed E-state index contributed by atoms with van der Waals surface area (Å²) in [6, 6.07) is 13.7. The van der Waals surface area contributed by atoms with Gasteiger partial charge in [0.2, 0.25) is 21.8 Å². The summed E-state index contributed by atoms with van der Waals surface area (Å²) >= 11 is 6.15. The normalized spacial score (nSPS) is 14.8. The van der Waals surface area contributed by atoms with Crippen molar-refractivity contribution < 1.29 is 18.0 Å². The van der Waals surface area contributed by atoms with Gasteiger partial charge in [-0.1, -0.05) is 41.9 Å². The van der Waals surface area contributed by atoms with Gasteiger partial charge in [0.15, 0.2) is 0 Å². The van der Waals surface area contributed by atoms with Gasteiger partial charge in [0.1, 0.15) is 0 Å². The Morgan fingerprint density at radius 2 is 1.67 bits per heavy atom. The van der Waals surface area contributed by atoms with Crippen LogP contribution in [0.15, 0.2) is 53.4 Å². The second-order valence-corrected chi connectivity index (χ2v) is 10.00. The van der Waals surface area contributed by atoms with Gasteiger partial charge in [0, 0.05) is 50.7 Å². The quantitative estimate of drug-likeness (QED) is 0.549. The molecule has 1 saturated heterocycles. The molecule has 2 aromatic rings. The first-order valence-electron chi connectivity index (χ1n) is 10.8. The smallest absolute Gasteiger partial charge is 0.238 e. The molecule has 0 atom stereocenters. The first kappa shape index (κ1) is 25.2. The van der Waals surface area contributed by atoms with E-state index in [2.05, 4.69) is 10.2 Å². The Morgan fingerprint density at radius 3 is 2.30 bits per heavy atom. The van der Waals surface area contributed by atoms with Crippen LogP contribution in [0.25, 0.3) is 0 Å². The van der Waals surface area contributed by atoms with Gasteiger partial charge in [0.25, 0.3) is 0 Å². The van der Waals surface area contributed by atoms with Crippen LogP contribution in [0.2, 0.25) is 5.02 Å². The minimum absolute atomic E-state index is 0.0339. The Kier molecular flexibility index (Phi) is 8.85. The van der Waals surface area contributed by atoms with Gasteiger partial charge in [-0.25, -0.2) is 13.6 Å². The number of rotatable bonds is 9. The zero-order chi connectivity index (χ0) is 23.8. The predicted molar refractivity (Wildman–Crippen MR) is 127 cm³/mol. The fourth-order valence-electron chi connectivity index (χ4n) is 3.68. The number of nitrogens with zero attached hydrogens (tertiary/aromatic N) is 2. The number of sulfonamides is 1. The first-order chi connectivity index (χ1) is 15.7. The molecule has 33 heavy (non-hydrogen) atoms. The highest BCUT2D eigenvalue weighted by atomic mass is 35.5. The van der Waals surface area contributed by atoms with Crippen LogP contribution in [-0.2, 0) is 32.5 Å². The predicted octanol–water partition coefficient (Wildman–Crippen LogP) is 1.42. The number of carbonyl (C=O) groups is 2. The summed E-state index contributed by atoms with van der Waals surface area (Å²) in [5.41, 5.74) is 1.75. The van der Waals surface area contributed by atoms with Crippen LogP contribution < -0.4 is 10.5 Å². The summed E-state index contributed by atoms with van der Waals surface area (Å²) in [6.07, 6.45) is 1.29. The number of carbonyl (C=O) groups excluding carboxylic acids is 2. The highest BCUT2D eigenvalue weighted by Crippen LogP contribution is 2.17. The topological polar surface area (TPSA) is 113 Å². The van der Waals surface area contributed by atoms with Crippen LogP contribution in [0.1, 0.15) is 17.5 Å². The average Bonchev–Trinajstić information content (AvgIpc) is 2.79. The van der Waals surface area contributed by atoms with E-state index in [1.807, 2.05) is 23.1 Å². The number of piperazine rings is 1. The number of hydrogen-bond donors (Lipinski definition) is 2. The lowest BCUT2D eigenvalue weighted by Gasteiger charge is -2.34. The van der Waals surface area contributed by atoms with E-state index in [1.54, 1.807) is 18.2 Å². The van der Waals surface area contributed by atoms with E-state index in [0.29, 0.717) is 50.5 Å². The van der Waals surface area contributed by atoms with Crippen molar-refractivity contribution >= 4 is 33.4 Å². The Hall–Kier alpha value is -2.46. The average molecular weight is 493 g/mol. The van der Waals surface area contributed by atoms with Gasteiger partial charge in [-0.05, 0) is 35.7 Å². The molecule has 1 heterocycles. The lowest BCUT2D eigenvalue weighted by atomic mass is 10.1. The van der Waals surface area contributed by atoms with Gasteiger partial charge in [0.05, 0.1) is 11.3 Å². The van der Waals surface area contributed by atoms with Crippen molar-refractivity contribution in [3.05, 3.63) is 64.7 Å². The molecule has 1 fully saturated rings. The molecule has 2 aromatic carbocycles. The number of benzene rings is 2. The number of halogens is 1. The van der Waals surface area contributed by atoms with E-state index in [9.17, 15) is 18.0 Å². The van der Waals surface area contributed by atoms with Gasteiger partial charge >= 0.3 is 0 Å². The lowest BCUT2D eigenvalue weighted by molar-refractivity contribution is -0.132. The van der Waals surface area contributed by atoms with Crippen molar-refractivity contribution in [1.82, 2.24) is 15.1 Å². The van der Waals surface area contributed by atoms with E-state index < -0.39 is 10.0 Å². The maximum Gasteiger partial charge on any atom is 0.238 e. The van der Waals surface area contributed by atoms with E-state index in [4.69, 9.17) is 16.7 Å². The van der Waals surface area contributed by atoms with Crippen molar-refractivity contribution in [2.75, 3.05) is 39.3 Å². The fraction of sp³-hybridized carbons (Fsp3) is 0.391. The molecule has 2 amide bonds. The zero-order valence-corrected chi connectivity index (χ0v) is 19.9. The van der Waals surface area contributed by atoms with Crippen molar-refractivity contribution in [1.29, 1.82) is 0 Å². The lowest BCUT2D eigenvalue weighted by Crippen LogP contribution is -2.49. The van der Waals surface area contributed by atoms with Crippen LogP contribution in [0, 0.1) is 0 Å². The molecule has 0 aromatic heterocycles. The molecule has 3 rings (SSSR count). The monoisotopic (exact) mass is 492 g/mol. The van der Waals surface area contributed by atoms with Crippen LogP contribution in [-0.4, -0.2) is 69.3 Å². The summed E-state index contributed by atoms with van der Waals surface area (Å²) in [7, 11) is -3.70. The summed E-state index contributed by atoms with van der Waals surface area (Å²) in [6.45, 7) is 3.86. The second kappa shape index (κ2) is 11.6. The Morgan fingerprint density at radius 1 is 1.00 bits per heavy atom. The molecule has 3 N–H and O–H groups in total. The fourth-order valence-corrected chi connectivity index (χ4v) is 4.40.